The smallest absolute Gasteiger partial charge is 0.242 e. The fraction of sp³-hybridized carbons (Fsp3) is 0.400. The average molecular weight is 374 g/mol. The second-order valence-corrected chi connectivity index (χ2v) is 8.10. The van der Waals surface area contributed by atoms with Crippen molar-refractivity contribution in [3.05, 3.63) is 47.0 Å². The van der Waals surface area contributed by atoms with Gasteiger partial charge >= 0.3 is 0 Å². The third-order valence-electron chi connectivity index (χ3n) is 4.17. The molecule has 0 spiro atoms. The van der Waals surface area contributed by atoms with Crippen LogP contribution < -0.4 is 4.72 Å². The number of sulfonamides is 1. The molecule has 3 rings (SSSR count). The maximum Gasteiger partial charge on any atom is 0.242 e. The predicted molar refractivity (Wildman–Crippen MR) is 86.4 cm³/mol. The van der Waals surface area contributed by atoms with Gasteiger partial charge in [0.1, 0.15) is 10.7 Å². The molecular formula is C15H17ClFN3O3S. The summed E-state index contributed by atoms with van der Waals surface area (Å²) in [6.45, 7) is 0. The third kappa shape index (κ3) is 3.46. The Morgan fingerprint density at radius 1 is 1.46 bits per heavy atom. The fourth-order valence-electron chi connectivity index (χ4n) is 2.86. The SMILES string of the molecule is Cn1cc(C(NS(=O)(=O)c2ccc(F)cc2Cl)C2CC(O)C2)cn1. The zero-order chi connectivity index (χ0) is 17.5. The number of hydrogen-bond acceptors (Lipinski definition) is 4. The first-order valence-corrected chi connectivity index (χ1v) is 9.26. The van der Waals surface area contributed by atoms with Crippen molar-refractivity contribution < 1.29 is 17.9 Å². The number of benzene rings is 1. The number of aryl methyl sites for hydroxylation is 1. The Bertz CT molecular complexity index is 849. The number of hydrogen-bond donors (Lipinski definition) is 2. The minimum Gasteiger partial charge on any atom is -0.393 e. The van der Waals surface area contributed by atoms with E-state index in [2.05, 4.69) is 9.82 Å². The number of nitrogens with one attached hydrogen (secondary N) is 1. The second-order valence-electron chi connectivity index (χ2n) is 6.01. The Labute approximate surface area is 144 Å². The van der Waals surface area contributed by atoms with Crippen molar-refractivity contribution >= 4 is 21.6 Å². The number of rotatable bonds is 5. The van der Waals surface area contributed by atoms with E-state index in [9.17, 15) is 17.9 Å². The van der Waals surface area contributed by atoms with E-state index in [0.29, 0.717) is 18.4 Å². The molecule has 0 aliphatic heterocycles. The third-order valence-corrected chi connectivity index (χ3v) is 6.09. The van der Waals surface area contributed by atoms with Crippen LogP contribution in [0, 0.1) is 11.7 Å². The van der Waals surface area contributed by atoms with Crippen molar-refractivity contribution in [2.75, 3.05) is 0 Å². The normalized spacial score (nSPS) is 22.2. The first-order valence-electron chi connectivity index (χ1n) is 7.40. The van der Waals surface area contributed by atoms with Crippen LogP contribution in [0.2, 0.25) is 5.02 Å². The lowest BCUT2D eigenvalue weighted by atomic mass is 9.76. The van der Waals surface area contributed by atoms with Crippen LogP contribution >= 0.6 is 11.6 Å². The van der Waals surface area contributed by atoms with Gasteiger partial charge in [-0.3, -0.25) is 4.68 Å². The first kappa shape index (κ1) is 17.3. The van der Waals surface area contributed by atoms with Crippen molar-refractivity contribution in [3.8, 4) is 0 Å². The van der Waals surface area contributed by atoms with Crippen LogP contribution in [0.3, 0.4) is 0 Å². The highest BCUT2D eigenvalue weighted by atomic mass is 35.5. The van der Waals surface area contributed by atoms with Crippen molar-refractivity contribution in [1.82, 2.24) is 14.5 Å². The van der Waals surface area contributed by atoms with E-state index >= 15 is 0 Å². The summed E-state index contributed by atoms with van der Waals surface area (Å²) in [6.07, 6.45) is 3.89. The van der Waals surface area contributed by atoms with Gasteiger partial charge < -0.3 is 5.11 Å². The van der Waals surface area contributed by atoms with E-state index in [-0.39, 0.29) is 15.8 Å². The zero-order valence-corrected chi connectivity index (χ0v) is 14.4. The molecule has 1 heterocycles. The van der Waals surface area contributed by atoms with Gasteiger partial charge in [0.25, 0.3) is 0 Å². The van der Waals surface area contributed by atoms with Crippen LogP contribution in [0.4, 0.5) is 4.39 Å². The fourth-order valence-corrected chi connectivity index (χ4v) is 4.69. The molecular weight excluding hydrogens is 357 g/mol. The van der Waals surface area contributed by atoms with Gasteiger partial charge in [-0.15, -0.1) is 0 Å². The minimum absolute atomic E-state index is 0.0433. The lowest BCUT2D eigenvalue weighted by Gasteiger charge is -2.37. The molecule has 1 unspecified atom stereocenters. The Morgan fingerprint density at radius 3 is 2.71 bits per heavy atom. The molecule has 1 saturated carbocycles. The molecule has 1 atom stereocenters. The zero-order valence-electron chi connectivity index (χ0n) is 12.9. The summed E-state index contributed by atoms with van der Waals surface area (Å²) in [7, 11) is -2.21. The van der Waals surface area contributed by atoms with E-state index in [1.165, 1.54) is 0 Å². The summed E-state index contributed by atoms with van der Waals surface area (Å²) in [6, 6.07) is 2.61. The quantitative estimate of drug-likeness (QED) is 0.839. The van der Waals surface area contributed by atoms with Crippen LogP contribution in [0.25, 0.3) is 0 Å². The second kappa shape index (κ2) is 6.44. The average Bonchev–Trinajstić information content (AvgIpc) is 2.88. The van der Waals surface area contributed by atoms with Crippen LogP contribution in [-0.2, 0) is 17.1 Å². The summed E-state index contributed by atoms with van der Waals surface area (Å²) in [5, 5.41) is 13.4. The highest BCUT2D eigenvalue weighted by Gasteiger charge is 2.38. The van der Waals surface area contributed by atoms with E-state index in [4.69, 9.17) is 11.6 Å². The molecule has 2 N–H and O–H groups in total. The molecule has 0 amide bonds. The highest BCUT2D eigenvalue weighted by Crippen LogP contribution is 2.39. The molecule has 0 bridgehead atoms. The number of aliphatic hydroxyl groups is 1. The molecule has 1 aliphatic rings. The maximum atomic E-state index is 13.2. The Kier molecular flexibility index (Phi) is 4.65. The molecule has 1 aromatic carbocycles. The Morgan fingerprint density at radius 2 is 2.17 bits per heavy atom. The summed E-state index contributed by atoms with van der Waals surface area (Å²) in [5.41, 5.74) is 0.705. The molecule has 0 radical (unpaired) electrons. The Hall–Kier alpha value is -1.48. The van der Waals surface area contributed by atoms with Gasteiger partial charge in [0, 0.05) is 18.8 Å². The lowest BCUT2D eigenvalue weighted by Crippen LogP contribution is -2.41. The largest absolute Gasteiger partial charge is 0.393 e. The van der Waals surface area contributed by atoms with Gasteiger partial charge in [0.2, 0.25) is 10.0 Å². The van der Waals surface area contributed by atoms with E-state index in [0.717, 1.165) is 18.2 Å². The van der Waals surface area contributed by atoms with Crippen molar-refractivity contribution in [2.24, 2.45) is 13.0 Å². The first-order chi connectivity index (χ1) is 11.3. The van der Waals surface area contributed by atoms with E-state index in [1.807, 2.05) is 0 Å². The monoisotopic (exact) mass is 373 g/mol. The van der Waals surface area contributed by atoms with Crippen LogP contribution in [0.15, 0.2) is 35.5 Å². The van der Waals surface area contributed by atoms with Crippen LogP contribution in [0.1, 0.15) is 24.4 Å². The molecule has 1 fully saturated rings. The molecule has 130 valence electrons. The standard InChI is InChI=1S/C15H17ClFN3O3S/c1-20-8-10(7-18-20)15(9-4-12(21)5-9)19-24(22,23)14-3-2-11(17)6-13(14)16/h2-3,6-9,12,15,19,21H,4-5H2,1H3. The molecule has 24 heavy (non-hydrogen) atoms. The number of aromatic nitrogens is 2. The molecule has 1 aromatic heterocycles. The van der Waals surface area contributed by atoms with Crippen molar-refractivity contribution in [1.29, 1.82) is 0 Å². The molecule has 6 nitrogen and oxygen atoms in total. The predicted octanol–water partition coefficient (Wildman–Crippen LogP) is 2.00. The van der Waals surface area contributed by atoms with Crippen molar-refractivity contribution in [3.63, 3.8) is 0 Å². The van der Waals surface area contributed by atoms with Crippen molar-refractivity contribution in [2.45, 2.75) is 29.9 Å². The summed E-state index contributed by atoms with van der Waals surface area (Å²) in [4.78, 5) is -0.181. The van der Waals surface area contributed by atoms with E-state index < -0.39 is 28.0 Å². The molecule has 1 aliphatic carbocycles. The molecule has 0 saturated heterocycles. The number of aliphatic hydroxyl groups excluding tert-OH is 1. The lowest BCUT2D eigenvalue weighted by molar-refractivity contribution is 0.0280. The van der Waals surface area contributed by atoms with E-state index in [1.54, 1.807) is 24.1 Å². The topological polar surface area (TPSA) is 84.2 Å². The highest BCUT2D eigenvalue weighted by molar-refractivity contribution is 7.89. The summed E-state index contributed by atoms with van der Waals surface area (Å²) < 4.78 is 42.7. The summed E-state index contributed by atoms with van der Waals surface area (Å²) in [5.74, 6) is -0.650. The van der Waals surface area contributed by atoms with Gasteiger partial charge in [0.05, 0.1) is 23.4 Å². The van der Waals surface area contributed by atoms with Gasteiger partial charge in [-0.2, -0.15) is 5.10 Å². The molecule has 9 heteroatoms. The van der Waals surface area contributed by atoms with Crippen LogP contribution in [0.5, 0.6) is 0 Å². The van der Waals surface area contributed by atoms with Crippen LogP contribution in [-0.4, -0.2) is 29.4 Å². The maximum absolute atomic E-state index is 13.2. The van der Waals surface area contributed by atoms with Gasteiger partial charge in [-0.1, -0.05) is 11.6 Å². The minimum atomic E-state index is -3.95. The van der Waals surface area contributed by atoms with Gasteiger partial charge in [-0.25, -0.2) is 17.5 Å². The molecule has 2 aromatic rings. The van der Waals surface area contributed by atoms with Gasteiger partial charge in [-0.05, 0) is 37.0 Å². The Balaban J connectivity index is 1.91. The number of nitrogens with zero attached hydrogens (tertiary/aromatic N) is 2. The summed E-state index contributed by atoms with van der Waals surface area (Å²) >= 11 is 5.88. The number of halogens is 2. The van der Waals surface area contributed by atoms with Gasteiger partial charge in [0.15, 0.2) is 0 Å².